The summed E-state index contributed by atoms with van der Waals surface area (Å²) in [5, 5.41) is 10.2. The minimum Gasteiger partial charge on any atom is -0.354 e. The second-order valence-corrected chi connectivity index (χ2v) is 3.65. The zero-order valence-electron chi connectivity index (χ0n) is 8.47. The minimum atomic E-state index is -0.214. The summed E-state index contributed by atoms with van der Waals surface area (Å²) in [4.78, 5) is 11.2. The number of hydrogen-bond donors (Lipinski definition) is 1. The molecule has 1 saturated carbocycles. The molecule has 1 aromatic rings. The van der Waals surface area contributed by atoms with E-state index in [0.29, 0.717) is 17.7 Å². The number of terminal acetylenes is 1. The molecular formula is C10H12N4O. The van der Waals surface area contributed by atoms with Gasteiger partial charge in [-0.15, -0.1) is 17.4 Å². The number of carbonyl (C=O) groups is 1. The molecule has 0 atom stereocenters. The molecule has 0 radical (unpaired) electrons. The van der Waals surface area contributed by atoms with Crippen molar-refractivity contribution in [2.45, 2.75) is 18.9 Å². The molecule has 1 aliphatic rings. The molecule has 1 aliphatic carbocycles. The van der Waals surface area contributed by atoms with Crippen LogP contribution >= 0.6 is 0 Å². The Bertz CT molecular complexity index is 411. The van der Waals surface area contributed by atoms with Gasteiger partial charge in [0, 0.05) is 13.0 Å². The highest BCUT2D eigenvalue weighted by molar-refractivity contribution is 5.91. The predicted octanol–water partition coefficient (Wildman–Crippen LogP) is 0.222. The van der Waals surface area contributed by atoms with Crippen LogP contribution in [0.5, 0.6) is 0 Å². The second kappa shape index (κ2) is 3.73. The van der Waals surface area contributed by atoms with Crippen molar-refractivity contribution in [2.24, 2.45) is 5.92 Å². The fraction of sp³-hybridized carbons (Fsp3) is 0.500. The number of nitrogens with zero attached hydrogens (tertiary/aromatic N) is 3. The van der Waals surface area contributed by atoms with Crippen LogP contribution in [0.2, 0.25) is 0 Å². The van der Waals surface area contributed by atoms with Gasteiger partial charge < -0.3 is 5.32 Å². The van der Waals surface area contributed by atoms with Gasteiger partial charge in [-0.1, -0.05) is 5.21 Å². The van der Waals surface area contributed by atoms with E-state index in [0.717, 1.165) is 12.8 Å². The summed E-state index contributed by atoms with van der Waals surface area (Å²) in [5.74, 6) is 2.84. The summed E-state index contributed by atoms with van der Waals surface area (Å²) >= 11 is 0. The highest BCUT2D eigenvalue weighted by Gasteiger charge is 2.30. The van der Waals surface area contributed by atoms with Gasteiger partial charge >= 0.3 is 0 Å². The van der Waals surface area contributed by atoms with Crippen molar-refractivity contribution in [1.29, 1.82) is 0 Å². The van der Waals surface area contributed by atoms with E-state index >= 15 is 0 Å². The van der Waals surface area contributed by atoms with Crippen LogP contribution in [0.4, 0.5) is 0 Å². The Morgan fingerprint density at radius 3 is 3.07 bits per heavy atom. The average molecular weight is 204 g/mol. The van der Waals surface area contributed by atoms with E-state index in [1.807, 2.05) is 0 Å². The Morgan fingerprint density at radius 1 is 1.73 bits per heavy atom. The molecule has 2 rings (SSSR count). The average Bonchev–Trinajstić information content (AvgIpc) is 2.64. The molecule has 0 unspecified atom stereocenters. The lowest BCUT2D eigenvalue weighted by atomic mass is 9.81. The maximum Gasteiger partial charge on any atom is 0.273 e. The Hall–Kier alpha value is -1.83. The molecule has 5 heteroatoms. The normalized spacial score (nSPS) is 24.0. The van der Waals surface area contributed by atoms with E-state index < -0.39 is 0 Å². The van der Waals surface area contributed by atoms with Crippen molar-refractivity contribution in [2.75, 3.05) is 7.05 Å². The van der Waals surface area contributed by atoms with Crippen LogP contribution in [0.25, 0.3) is 0 Å². The highest BCUT2D eigenvalue weighted by Crippen LogP contribution is 2.36. The number of carbonyl (C=O) groups excluding carboxylic acids is 1. The zero-order chi connectivity index (χ0) is 10.8. The molecule has 78 valence electrons. The number of rotatable bonds is 2. The second-order valence-electron chi connectivity index (χ2n) is 3.65. The van der Waals surface area contributed by atoms with Gasteiger partial charge in [-0.05, 0) is 12.8 Å². The smallest absolute Gasteiger partial charge is 0.273 e. The molecule has 0 saturated heterocycles. The summed E-state index contributed by atoms with van der Waals surface area (Å²) in [7, 11) is 1.57. The Labute approximate surface area is 87.9 Å². The maximum absolute atomic E-state index is 11.2. The topological polar surface area (TPSA) is 59.8 Å². The summed E-state index contributed by atoms with van der Waals surface area (Å²) < 4.78 is 1.72. The molecule has 0 aliphatic heterocycles. The lowest BCUT2D eigenvalue weighted by Crippen LogP contribution is -2.26. The van der Waals surface area contributed by atoms with Gasteiger partial charge in [-0.3, -0.25) is 4.79 Å². The summed E-state index contributed by atoms with van der Waals surface area (Å²) in [6.45, 7) is 0. The third kappa shape index (κ3) is 1.71. The third-order valence-electron chi connectivity index (χ3n) is 2.69. The first-order chi connectivity index (χ1) is 7.24. The number of nitrogens with one attached hydrogen (secondary N) is 1. The number of aromatic nitrogens is 3. The number of hydrogen-bond acceptors (Lipinski definition) is 3. The van der Waals surface area contributed by atoms with E-state index in [9.17, 15) is 4.79 Å². The SMILES string of the molecule is C#CC1CC(n2cc(C(=O)NC)nn2)C1. The van der Waals surface area contributed by atoms with Crippen molar-refractivity contribution in [3.05, 3.63) is 11.9 Å². The van der Waals surface area contributed by atoms with Crippen LogP contribution in [0.1, 0.15) is 29.4 Å². The van der Waals surface area contributed by atoms with Crippen LogP contribution in [0.3, 0.4) is 0 Å². The zero-order valence-corrected chi connectivity index (χ0v) is 8.47. The quantitative estimate of drug-likeness (QED) is 0.701. The summed E-state index contributed by atoms with van der Waals surface area (Å²) in [6, 6.07) is 0.303. The van der Waals surface area contributed by atoms with Gasteiger partial charge in [0.25, 0.3) is 5.91 Å². The van der Waals surface area contributed by atoms with Crippen LogP contribution < -0.4 is 5.32 Å². The van der Waals surface area contributed by atoms with Crippen molar-refractivity contribution in [3.63, 3.8) is 0 Å². The monoisotopic (exact) mass is 204 g/mol. The number of amides is 1. The molecule has 0 aromatic carbocycles. The van der Waals surface area contributed by atoms with Crippen molar-refractivity contribution in [1.82, 2.24) is 20.3 Å². The molecule has 15 heavy (non-hydrogen) atoms. The van der Waals surface area contributed by atoms with E-state index in [1.165, 1.54) is 0 Å². The molecule has 0 spiro atoms. The molecule has 1 N–H and O–H groups in total. The Morgan fingerprint density at radius 2 is 2.47 bits per heavy atom. The molecule has 1 amide bonds. The van der Waals surface area contributed by atoms with Crippen LogP contribution in [-0.4, -0.2) is 27.9 Å². The van der Waals surface area contributed by atoms with Crippen LogP contribution in [0.15, 0.2) is 6.20 Å². The minimum absolute atomic E-state index is 0.214. The van der Waals surface area contributed by atoms with Gasteiger partial charge in [0.05, 0.1) is 12.2 Å². The lowest BCUT2D eigenvalue weighted by molar-refractivity contribution is 0.0958. The van der Waals surface area contributed by atoms with Crippen LogP contribution in [-0.2, 0) is 0 Å². The summed E-state index contributed by atoms with van der Waals surface area (Å²) in [5.41, 5.74) is 0.349. The van der Waals surface area contributed by atoms with Crippen molar-refractivity contribution < 1.29 is 4.79 Å². The van der Waals surface area contributed by atoms with Gasteiger partial charge in [0.1, 0.15) is 0 Å². The fourth-order valence-corrected chi connectivity index (χ4v) is 1.63. The maximum atomic E-state index is 11.2. The van der Waals surface area contributed by atoms with Gasteiger partial charge in [-0.25, -0.2) is 4.68 Å². The van der Waals surface area contributed by atoms with E-state index in [4.69, 9.17) is 6.42 Å². The first-order valence-corrected chi connectivity index (χ1v) is 4.84. The van der Waals surface area contributed by atoms with E-state index in [1.54, 1.807) is 17.9 Å². The molecule has 5 nitrogen and oxygen atoms in total. The van der Waals surface area contributed by atoms with Crippen molar-refractivity contribution in [3.8, 4) is 12.3 Å². The van der Waals surface area contributed by atoms with Crippen LogP contribution in [0, 0.1) is 18.3 Å². The van der Waals surface area contributed by atoms with E-state index in [2.05, 4.69) is 21.5 Å². The predicted molar refractivity (Wildman–Crippen MR) is 54.0 cm³/mol. The van der Waals surface area contributed by atoms with Gasteiger partial charge in [0.2, 0.25) is 0 Å². The molecule has 1 fully saturated rings. The van der Waals surface area contributed by atoms with Gasteiger partial charge in [-0.2, -0.15) is 0 Å². The Kier molecular flexibility index (Phi) is 2.42. The fourth-order valence-electron chi connectivity index (χ4n) is 1.63. The largest absolute Gasteiger partial charge is 0.354 e. The standard InChI is InChI=1S/C10H12N4O/c1-3-7-4-8(5-7)14-6-9(12-13-14)10(15)11-2/h1,6-8H,4-5H2,2H3,(H,11,15). The Balaban J connectivity index is 2.03. The first-order valence-electron chi connectivity index (χ1n) is 4.84. The molecule has 0 bridgehead atoms. The first kappa shape index (κ1) is 9.71. The molecular weight excluding hydrogens is 192 g/mol. The third-order valence-corrected chi connectivity index (χ3v) is 2.69. The van der Waals surface area contributed by atoms with Crippen molar-refractivity contribution >= 4 is 5.91 Å². The summed E-state index contributed by atoms with van der Waals surface area (Å²) in [6.07, 6.45) is 8.80. The lowest BCUT2D eigenvalue weighted by Gasteiger charge is -2.31. The molecule has 1 aromatic heterocycles. The van der Waals surface area contributed by atoms with Gasteiger partial charge in [0.15, 0.2) is 5.69 Å². The van der Waals surface area contributed by atoms with E-state index in [-0.39, 0.29) is 5.91 Å². The molecule has 1 heterocycles. The highest BCUT2D eigenvalue weighted by atomic mass is 16.1.